The van der Waals surface area contributed by atoms with Gasteiger partial charge in [-0.2, -0.15) is 0 Å². The van der Waals surface area contributed by atoms with E-state index < -0.39 is 0 Å². The van der Waals surface area contributed by atoms with E-state index in [0.717, 1.165) is 10.0 Å². The summed E-state index contributed by atoms with van der Waals surface area (Å²) >= 11 is 3.38. The number of nitrogens with zero attached hydrogens (tertiary/aromatic N) is 1. The van der Waals surface area contributed by atoms with Crippen molar-refractivity contribution in [2.75, 3.05) is 13.1 Å². The minimum Gasteiger partial charge on any atom is -0.349 e. The Labute approximate surface area is 162 Å². The second-order valence-electron chi connectivity index (χ2n) is 6.71. The van der Waals surface area contributed by atoms with Crippen molar-refractivity contribution in [3.05, 3.63) is 70.2 Å². The zero-order valence-electron chi connectivity index (χ0n) is 14.8. The van der Waals surface area contributed by atoms with Crippen LogP contribution in [0.4, 0.5) is 0 Å². The minimum atomic E-state index is -0.0323. The molecule has 3 rings (SSSR count). The standard InChI is InChI=1S/C21H23BrN2O2/c1-15(16-5-3-2-4-6-16)23-20(25)17-11-13-24(14-12-17)21(26)18-7-9-19(22)10-8-18/h2-10,15,17H,11-14H2,1H3,(H,23,25)/t15-/m1/s1. The van der Waals surface area contributed by atoms with Gasteiger partial charge in [0.15, 0.2) is 0 Å². The Morgan fingerprint density at radius 2 is 1.65 bits per heavy atom. The third-order valence-electron chi connectivity index (χ3n) is 4.90. The predicted molar refractivity (Wildman–Crippen MR) is 106 cm³/mol. The maximum Gasteiger partial charge on any atom is 0.253 e. The molecule has 1 fully saturated rings. The summed E-state index contributed by atoms with van der Waals surface area (Å²) in [6.45, 7) is 3.23. The molecular weight excluding hydrogens is 392 g/mol. The second-order valence-corrected chi connectivity index (χ2v) is 7.63. The number of nitrogens with one attached hydrogen (secondary N) is 1. The summed E-state index contributed by atoms with van der Waals surface area (Å²) in [5.74, 6) is 0.0845. The Morgan fingerprint density at radius 1 is 1.04 bits per heavy atom. The number of benzene rings is 2. The molecule has 136 valence electrons. The van der Waals surface area contributed by atoms with Gasteiger partial charge in [-0.1, -0.05) is 46.3 Å². The van der Waals surface area contributed by atoms with Crippen molar-refractivity contribution >= 4 is 27.7 Å². The Balaban J connectivity index is 1.52. The summed E-state index contributed by atoms with van der Waals surface area (Å²) in [6, 6.07) is 17.3. The molecular formula is C21H23BrN2O2. The molecule has 0 radical (unpaired) electrons. The maximum atomic E-state index is 12.6. The normalized spacial score (nSPS) is 16.2. The van der Waals surface area contributed by atoms with E-state index in [1.165, 1.54) is 0 Å². The molecule has 1 heterocycles. The summed E-state index contributed by atoms with van der Waals surface area (Å²) in [5, 5.41) is 3.10. The van der Waals surface area contributed by atoms with Crippen molar-refractivity contribution in [3.8, 4) is 0 Å². The second kappa shape index (κ2) is 8.49. The average Bonchev–Trinajstić information content (AvgIpc) is 2.69. The first kappa shape index (κ1) is 18.6. The fourth-order valence-corrected chi connectivity index (χ4v) is 3.54. The fraction of sp³-hybridized carbons (Fsp3) is 0.333. The van der Waals surface area contributed by atoms with E-state index in [-0.39, 0.29) is 23.8 Å². The number of hydrogen-bond donors (Lipinski definition) is 1. The Kier molecular flexibility index (Phi) is 6.09. The predicted octanol–water partition coefficient (Wildman–Crippen LogP) is 4.18. The molecule has 1 saturated heterocycles. The lowest BCUT2D eigenvalue weighted by Gasteiger charge is -2.32. The lowest BCUT2D eigenvalue weighted by molar-refractivity contribution is -0.126. The van der Waals surface area contributed by atoms with Crippen LogP contribution in [-0.4, -0.2) is 29.8 Å². The molecule has 1 atom stereocenters. The van der Waals surface area contributed by atoms with E-state index >= 15 is 0 Å². The third kappa shape index (κ3) is 4.52. The van der Waals surface area contributed by atoms with E-state index in [4.69, 9.17) is 0 Å². The maximum absolute atomic E-state index is 12.6. The Morgan fingerprint density at radius 3 is 2.27 bits per heavy atom. The molecule has 0 bridgehead atoms. The van der Waals surface area contributed by atoms with Gasteiger partial charge in [0.05, 0.1) is 6.04 Å². The van der Waals surface area contributed by atoms with Gasteiger partial charge in [0, 0.05) is 29.0 Å². The Hall–Kier alpha value is -2.14. The van der Waals surface area contributed by atoms with Crippen LogP contribution in [0, 0.1) is 5.92 Å². The molecule has 0 aliphatic carbocycles. The number of piperidine rings is 1. The van der Waals surface area contributed by atoms with Gasteiger partial charge in [0.2, 0.25) is 5.91 Å². The molecule has 1 aliphatic rings. The van der Waals surface area contributed by atoms with E-state index in [9.17, 15) is 9.59 Å². The molecule has 1 N–H and O–H groups in total. The van der Waals surface area contributed by atoms with Gasteiger partial charge in [-0.15, -0.1) is 0 Å². The van der Waals surface area contributed by atoms with Crippen LogP contribution in [0.2, 0.25) is 0 Å². The molecule has 2 aromatic carbocycles. The van der Waals surface area contributed by atoms with Crippen molar-refractivity contribution in [1.82, 2.24) is 10.2 Å². The van der Waals surface area contributed by atoms with Gasteiger partial charge in [-0.3, -0.25) is 9.59 Å². The smallest absolute Gasteiger partial charge is 0.253 e. The largest absolute Gasteiger partial charge is 0.349 e. The summed E-state index contributed by atoms with van der Waals surface area (Å²) in [6.07, 6.45) is 1.41. The molecule has 4 nitrogen and oxygen atoms in total. The highest BCUT2D eigenvalue weighted by Crippen LogP contribution is 2.21. The van der Waals surface area contributed by atoms with Crippen LogP contribution in [0.5, 0.6) is 0 Å². The summed E-state index contributed by atoms with van der Waals surface area (Å²) in [4.78, 5) is 26.9. The first-order valence-electron chi connectivity index (χ1n) is 8.95. The van der Waals surface area contributed by atoms with Gasteiger partial charge < -0.3 is 10.2 Å². The van der Waals surface area contributed by atoms with Gasteiger partial charge in [0.25, 0.3) is 5.91 Å². The topological polar surface area (TPSA) is 49.4 Å². The lowest BCUT2D eigenvalue weighted by Crippen LogP contribution is -2.43. The van der Waals surface area contributed by atoms with E-state index in [2.05, 4.69) is 21.2 Å². The van der Waals surface area contributed by atoms with E-state index in [0.29, 0.717) is 31.5 Å². The van der Waals surface area contributed by atoms with E-state index in [1.807, 2.05) is 66.4 Å². The number of likely N-dealkylation sites (tertiary alicyclic amines) is 1. The number of halogens is 1. The van der Waals surface area contributed by atoms with Crippen LogP contribution in [0.15, 0.2) is 59.1 Å². The number of carbonyl (C=O) groups excluding carboxylic acids is 2. The quantitative estimate of drug-likeness (QED) is 0.815. The van der Waals surface area contributed by atoms with Crippen LogP contribution in [-0.2, 0) is 4.79 Å². The third-order valence-corrected chi connectivity index (χ3v) is 5.43. The number of amides is 2. The van der Waals surface area contributed by atoms with Crippen LogP contribution < -0.4 is 5.32 Å². The molecule has 0 aromatic heterocycles. The van der Waals surface area contributed by atoms with Crippen molar-refractivity contribution < 1.29 is 9.59 Å². The highest BCUT2D eigenvalue weighted by molar-refractivity contribution is 9.10. The van der Waals surface area contributed by atoms with Crippen LogP contribution >= 0.6 is 15.9 Å². The van der Waals surface area contributed by atoms with Crippen molar-refractivity contribution in [2.24, 2.45) is 5.92 Å². The zero-order valence-corrected chi connectivity index (χ0v) is 16.4. The van der Waals surface area contributed by atoms with E-state index in [1.54, 1.807) is 0 Å². The molecule has 0 spiro atoms. The van der Waals surface area contributed by atoms with Crippen molar-refractivity contribution in [2.45, 2.75) is 25.8 Å². The monoisotopic (exact) mass is 414 g/mol. The highest BCUT2D eigenvalue weighted by atomic mass is 79.9. The lowest BCUT2D eigenvalue weighted by atomic mass is 9.94. The van der Waals surface area contributed by atoms with Gasteiger partial charge >= 0.3 is 0 Å². The van der Waals surface area contributed by atoms with Crippen LogP contribution in [0.25, 0.3) is 0 Å². The van der Waals surface area contributed by atoms with Crippen LogP contribution in [0.1, 0.15) is 41.7 Å². The number of rotatable bonds is 4. The molecule has 2 aromatic rings. The average molecular weight is 415 g/mol. The summed E-state index contributed by atoms with van der Waals surface area (Å²) < 4.78 is 0.956. The first-order chi connectivity index (χ1) is 12.5. The molecule has 1 aliphatic heterocycles. The van der Waals surface area contributed by atoms with Gasteiger partial charge in [0.1, 0.15) is 0 Å². The molecule has 5 heteroatoms. The summed E-state index contributed by atoms with van der Waals surface area (Å²) in [7, 11) is 0. The summed E-state index contributed by atoms with van der Waals surface area (Å²) in [5.41, 5.74) is 1.79. The fourth-order valence-electron chi connectivity index (χ4n) is 3.28. The first-order valence-corrected chi connectivity index (χ1v) is 9.74. The molecule has 0 saturated carbocycles. The van der Waals surface area contributed by atoms with Gasteiger partial charge in [-0.25, -0.2) is 0 Å². The van der Waals surface area contributed by atoms with Crippen molar-refractivity contribution in [3.63, 3.8) is 0 Å². The van der Waals surface area contributed by atoms with Crippen LogP contribution in [0.3, 0.4) is 0 Å². The molecule has 26 heavy (non-hydrogen) atoms. The zero-order chi connectivity index (χ0) is 18.5. The van der Waals surface area contributed by atoms with Crippen molar-refractivity contribution in [1.29, 1.82) is 0 Å². The van der Waals surface area contributed by atoms with Gasteiger partial charge in [-0.05, 0) is 49.6 Å². The number of carbonyl (C=O) groups is 2. The highest BCUT2D eigenvalue weighted by Gasteiger charge is 2.28. The minimum absolute atomic E-state index is 0.00822. The SMILES string of the molecule is C[C@@H](NC(=O)C1CCN(C(=O)c2ccc(Br)cc2)CC1)c1ccccc1. The Bertz CT molecular complexity index is 753. The molecule has 2 amide bonds. The molecule has 0 unspecified atom stereocenters. The number of hydrogen-bond acceptors (Lipinski definition) is 2.